The van der Waals surface area contributed by atoms with Gasteiger partial charge in [0.15, 0.2) is 0 Å². The lowest BCUT2D eigenvalue weighted by Crippen LogP contribution is -2.24. The van der Waals surface area contributed by atoms with Crippen molar-refractivity contribution in [2.24, 2.45) is 0 Å². The van der Waals surface area contributed by atoms with Crippen molar-refractivity contribution in [3.8, 4) is 11.3 Å². The number of carbonyl (C=O) groups excluding carboxylic acids is 2. The molecule has 4 aromatic rings. The molecule has 0 radical (unpaired) electrons. The number of rotatable bonds is 3. The first-order valence-corrected chi connectivity index (χ1v) is 12.3. The SMILES string of the molecule is CC.CC.O=C1c2ccccc2C(=O)c2nc(-c3ccccc3)c(/C=C/c3ccc(C(F)(F)F)cc3)nc21. The quantitative estimate of drug-likeness (QED) is 0.243. The molecular formula is C31H27F3N2O2. The zero-order chi connectivity index (χ0) is 27.9. The first-order chi connectivity index (χ1) is 18.3. The number of hydrogen-bond acceptors (Lipinski definition) is 4. The molecule has 1 aliphatic rings. The Kier molecular flexibility index (Phi) is 9.07. The van der Waals surface area contributed by atoms with Crippen molar-refractivity contribution >= 4 is 23.7 Å². The van der Waals surface area contributed by atoms with Crippen molar-refractivity contribution in [1.29, 1.82) is 0 Å². The number of fused-ring (bicyclic) bond motifs is 2. The Balaban J connectivity index is 0.000000956. The fourth-order valence-electron chi connectivity index (χ4n) is 3.78. The van der Waals surface area contributed by atoms with Gasteiger partial charge in [0.05, 0.1) is 17.0 Å². The van der Waals surface area contributed by atoms with E-state index in [9.17, 15) is 22.8 Å². The second kappa shape index (κ2) is 12.2. The van der Waals surface area contributed by atoms with Crippen LogP contribution in [0.15, 0.2) is 78.9 Å². The third-order valence-electron chi connectivity index (χ3n) is 5.49. The Morgan fingerprint density at radius 1 is 0.605 bits per heavy atom. The summed E-state index contributed by atoms with van der Waals surface area (Å²) in [5, 5.41) is 0. The maximum absolute atomic E-state index is 13.1. The summed E-state index contributed by atoms with van der Waals surface area (Å²) in [6.45, 7) is 8.00. The topological polar surface area (TPSA) is 59.9 Å². The van der Waals surface area contributed by atoms with E-state index in [0.717, 1.165) is 12.1 Å². The van der Waals surface area contributed by atoms with Crippen LogP contribution in [0.25, 0.3) is 23.4 Å². The van der Waals surface area contributed by atoms with Crippen LogP contribution in [0.2, 0.25) is 0 Å². The number of benzene rings is 3. The van der Waals surface area contributed by atoms with Crippen LogP contribution < -0.4 is 0 Å². The van der Waals surface area contributed by atoms with E-state index in [0.29, 0.717) is 22.5 Å². The molecule has 1 aliphatic carbocycles. The molecule has 0 bridgehead atoms. The predicted octanol–water partition coefficient (Wildman–Crippen LogP) is 8.16. The third kappa shape index (κ3) is 5.78. The van der Waals surface area contributed by atoms with Gasteiger partial charge in [-0.15, -0.1) is 0 Å². The van der Waals surface area contributed by atoms with Crippen LogP contribution in [0.4, 0.5) is 13.2 Å². The summed E-state index contributed by atoms with van der Waals surface area (Å²) >= 11 is 0. The summed E-state index contributed by atoms with van der Waals surface area (Å²) in [5.74, 6) is -0.783. The highest BCUT2D eigenvalue weighted by Gasteiger charge is 2.33. The largest absolute Gasteiger partial charge is 0.416 e. The molecule has 4 nitrogen and oxygen atoms in total. The molecule has 0 saturated carbocycles. The van der Waals surface area contributed by atoms with Gasteiger partial charge in [-0.25, -0.2) is 9.97 Å². The number of carbonyl (C=O) groups is 2. The van der Waals surface area contributed by atoms with E-state index >= 15 is 0 Å². The maximum atomic E-state index is 13.1. The number of nitrogens with zero attached hydrogens (tertiary/aromatic N) is 2. The lowest BCUT2D eigenvalue weighted by molar-refractivity contribution is -0.137. The molecule has 0 amide bonds. The van der Waals surface area contributed by atoms with Gasteiger partial charge in [-0.2, -0.15) is 13.2 Å². The van der Waals surface area contributed by atoms with Crippen molar-refractivity contribution < 1.29 is 22.8 Å². The van der Waals surface area contributed by atoms with Crippen molar-refractivity contribution in [3.63, 3.8) is 0 Å². The fourth-order valence-corrected chi connectivity index (χ4v) is 3.78. The summed E-state index contributed by atoms with van der Waals surface area (Å²) in [7, 11) is 0. The zero-order valence-corrected chi connectivity index (χ0v) is 21.5. The number of halogens is 3. The molecule has 0 unspecified atom stereocenters. The smallest absolute Gasteiger partial charge is 0.287 e. The lowest BCUT2D eigenvalue weighted by Gasteiger charge is -2.18. The Bertz CT molecular complexity index is 1460. The van der Waals surface area contributed by atoms with Crippen molar-refractivity contribution in [2.45, 2.75) is 33.9 Å². The van der Waals surface area contributed by atoms with Gasteiger partial charge >= 0.3 is 6.18 Å². The van der Waals surface area contributed by atoms with Crippen molar-refractivity contribution in [1.82, 2.24) is 9.97 Å². The highest BCUT2D eigenvalue weighted by atomic mass is 19.4. The van der Waals surface area contributed by atoms with Crippen LogP contribution >= 0.6 is 0 Å². The van der Waals surface area contributed by atoms with Crippen LogP contribution in [-0.2, 0) is 6.18 Å². The maximum Gasteiger partial charge on any atom is 0.416 e. The molecular weight excluding hydrogens is 489 g/mol. The van der Waals surface area contributed by atoms with E-state index in [4.69, 9.17) is 0 Å². The molecule has 3 aromatic carbocycles. The first kappa shape index (κ1) is 28.2. The van der Waals surface area contributed by atoms with Crippen molar-refractivity contribution in [3.05, 3.63) is 118 Å². The van der Waals surface area contributed by atoms with Gasteiger partial charge in [-0.3, -0.25) is 9.59 Å². The Morgan fingerprint density at radius 2 is 1.11 bits per heavy atom. The van der Waals surface area contributed by atoms with Crippen molar-refractivity contribution in [2.75, 3.05) is 0 Å². The third-order valence-corrected chi connectivity index (χ3v) is 5.49. The Morgan fingerprint density at radius 3 is 1.63 bits per heavy atom. The van der Waals surface area contributed by atoms with Gasteiger partial charge < -0.3 is 0 Å². The highest BCUT2D eigenvalue weighted by Crippen LogP contribution is 2.31. The van der Waals surface area contributed by atoms with E-state index in [1.165, 1.54) is 12.1 Å². The summed E-state index contributed by atoms with van der Waals surface area (Å²) in [6, 6.07) is 20.2. The fraction of sp³-hybridized carbons (Fsp3) is 0.161. The zero-order valence-electron chi connectivity index (χ0n) is 21.5. The number of hydrogen-bond donors (Lipinski definition) is 0. The molecule has 5 rings (SSSR count). The minimum Gasteiger partial charge on any atom is -0.287 e. The van der Waals surface area contributed by atoms with E-state index in [1.54, 1.807) is 48.6 Å². The van der Waals surface area contributed by atoms with Crippen LogP contribution in [0.1, 0.15) is 76.6 Å². The Labute approximate surface area is 219 Å². The summed E-state index contributed by atoms with van der Waals surface area (Å²) in [6.07, 6.45) is -1.25. The predicted molar refractivity (Wildman–Crippen MR) is 144 cm³/mol. The first-order valence-electron chi connectivity index (χ1n) is 12.3. The average molecular weight is 517 g/mol. The lowest BCUT2D eigenvalue weighted by atomic mass is 9.89. The van der Waals surface area contributed by atoms with Gasteiger partial charge in [-0.05, 0) is 23.8 Å². The van der Waals surface area contributed by atoms with Crippen LogP contribution in [-0.4, -0.2) is 21.5 Å². The second-order valence-electron chi connectivity index (χ2n) is 7.68. The van der Waals surface area contributed by atoms with E-state index in [-0.39, 0.29) is 28.3 Å². The Hall–Kier alpha value is -4.39. The molecule has 0 aliphatic heterocycles. The number of alkyl halides is 3. The monoisotopic (exact) mass is 516 g/mol. The number of aromatic nitrogens is 2. The summed E-state index contributed by atoms with van der Waals surface area (Å²) in [4.78, 5) is 35.2. The molecule has 0 spiro atoms. The van der Waals surface area contributed by atoms with Gasteiger partial charge in [0.1, 0.15) is 11.4 Å². The van der Waals surface area contributed by atoms with E-state index in [1.807, 2.05) is 45.9 Å². The highest BCUT2D eigenvalue weighted by molar-refractivity contribution is 6.27. The van der Waals surface area contributed by atoms with Crippen LogP contribution in [0.5, 0.6) is 0 Å². The minimum atomic E-state index is -4.42. The van der Waals surface area contributed by atoms with Gasteiger partial charge in [-0.1, -0.05) is 101 Å². The van der Waals surface area contributed by atoms with E-state index in [2.05, 4.69) is 9.97 Å². The molecule has 194 valence electrons. The molecule has 1 heterocycles. The van der Waals surface area contributed by atoms with E-state index < -0.39 is 17.5 Å². The molecule has 38 heavy (non-hydrogen) atoms. The molecule has 0 saturated heterocycles. The normalized spacial score (nSPS) is 12.1. The van der Waals surface area contributed by atoms with Crippen LogP contribution in [0, 0.1) is 0 Å². The van der Waals surface area contributed by atoms with Gasteiger partial charge in [0.2, 0.25) is 11.6 Å². The van der Waals surface area contributed by atoms with Crippen LogP contribution in [0.3, 0.4) is 0 Å². The standard InChI is InChI=1S/C27H15F3N2O2.2C2H6/c28-27(29,30)18-13-10-16(11-14-18)12-15-21-22(17-6-2-1-3-7-17)32-24-23(31-21)25(33)19-8-4-5-9-20(19)26(24)34;2*1-2/h1-15H;2*1-2H3/b15-12+;;. The van der Waals surface area contributed by atoms with Gasteiger partial charge in [0, 0.05) is 16.7 Å². The molecule has 1 aromatic heterocycles. The van der Waals surface area contributed by atoms with Gasteiger partial charge in [0.25, 0.3) is 0 Å². The summed E-state index contributed by atoms with van der Waals surface area (Å²) < 4.78 is 38.5. The minimum absolute atomic E-state index is 0.0192. The summed E-state index contributed by atoms with van der Waals surface area (Å²) in [5.41, 5.74) is 1.65. The molecule has 0 N–H and O–H groups in total. The molecule has 0 atom stereocenters. The molecule has 7 heteroatoms. The average Bonchev–Trinajstić information content (AvgIpc) is 2.96. The second-order valence-corrected chi connectivity index (χ2v) is 7.68. The number of ketones is 2. The molecule has 0 fully saturated rings.